The van der Waals surface area contributed by atoms with Crippen LogP contribution in [0.15, 0.2) is 18.2 Å². The molecule has 0 spiro atoms. The Morgan fingerprint density at radius 3 is 2.33 bits per heavy atom. The van der Waals surface area contributed by atoms with Crippen LogP contribution in [0.2, 0.25) is 5.02 Å². The zero-order chi connectivity index (χ0) is 20.3. The molecule has 1 aromatic rings. The first kappa shape index (κ1) is 21.5. The molecule has 1 saturated heterocycles. The molecular weight excluding hydrogens is 392 g/mol. The fraction of sp³-hybridized carbons (Fsp3) is 0.500. The Balaban J connectivity index is 2.44. The molecule has 3 N–H and O–H groups in total. The van der Waals surface area contributed by atoms with E-state index < -0.39 is 35.7 Å². The van der Waals surface area contributed by atoms with Crippen LogP contribution in [-0.2, 0) is 23.8 Å². The van der Waals surface area contributed by atoms with Crippen molar-refractivity contribution in [1.82, 2.24) is 0 Å². The number of rotatable bonds is 4. The molecule has 9 heteroatoms. The summed E-state index contributed by atoms with van der Waals surface area (Å²) in [7, 11) is 0. The molecule has 0 amide bonds. The lowest BCUT2D eigenvalue weighted by Crippen LogP contribution is -2.53. The highest BCUT2D eigenvalue weighted by Gasteiger charge is 2.48. The van der Waals surface area contributed by atoms with E-state index in [-0.39, 0.29) is 11.1 Å². The molecule has 0 aliphatic carbocycles. The van der Waals surface area contributed by atoms with Crippen LogP contribution >= 0.6 is 23.4 Å². The molecule has 1 aliphatic rings. The number of hydrogen-bond donors (Lipinski definition) is 2. The molecule has 2 rings (SSSR count). The fourth-order valence-electron chi connectivity index (χ4n) is 3.04. The summed E-state index contributed by atoms with van der Waals surface area (Å²) in [6, 6.07) is 5.55. The zero-order valence-electron chi connectivity index (χ0n) is 15.5. The Labute approximate surface area is 167 Å². The average Bonchev–Trinajstić information content (AvgIpc) is 2.55. The third-order valence-corrected chi connectivity index (χ3v) is 5.51. The van der Waals surface area contributed by atoms with Crippen molar-refractivity contribution >= 4 is 40.5 Å². The van der Waals surface area contributed by atoms with E-state index in [0.29, 0.717) is 5.02 Å². The lowest BCUT2D eigenvalue weighted by atomic mass is 9.86. The number of amidine groups is 1. The van der Waals surface area contributed by atoms with Crippen LogP contribution in [-0.4, -0.2) is 34.8 Å². The maximum absolute atomic E-state index is 11.7. The highest BCUT2D eigenvalue weighted by molar-refractivity contribution is 8.14. The number of hydrogen-bond acceptors (Lipinski definition) is 7. The topological polar surface area (TPSA) is 112 Å². The lowest BCUT2D eigenvalue weighted by Gasteiger charge is -2.44. The standard InChI is InChI=1S/C18H23ClN2O5S/c1-8-5-6-12(7-13(8)19)14-9(2)15(24-10(3)22)16(25-11(4)23)17(26-14)27-18(20)21/h5-7,9,14-17H,1-4H3,(H3,20,21)/t9-,14+,15+,16-,17+/m0/s1. The number of nitrogens with two attached hydrogens (primary N) is 1. The summed E-state index contributed by atoms with van der Waals surface area (Å²) in [4.78, 5) is 23.2. The van der Waals surface area contributed by atoms with Gasteiger partial charge in [-0.1, -0.05) is 42.4 Å². The van der Waals surface area contributed by atoms with Gasteiger partial charge in [0.05, 0.1) is 6.10 Å². The third-order valence-electron chi connectivity index (χ3n) is 4.24. The van der Waals surface area contributed by atoms with Gasteiger partial charge in [-0.05, 0) is 24.1 Å². The predicted molar refractivity (Wildman–Crippen MR) is 104 cm³/mol. The minimum absolute atomic E-state index is 0.200. The van der Waals surface area contributed by atoms with Gasteiger partial charge in [0.2, 0.25) is 0 Å². The number of nitrogens with one attached hydrogen (secondary N) is 1. The number of esters is 2. The zero-order valence-corrected chi connectivity index (χ0v) is 17.1. The van der Waals surface area contributed by atoms with Crippen LogP contribution in [0.4, 0.5) is 0 Å². The summed E-state index contributed by atoms with van der Waals surface area (Å²) in [5.74, 6) is -1.38. The number of carbonyl (C=O) groups excluding carboxylic acids is 2. The van der Waals surface area contributed by atoms with Crippen LogP contribution in [0.5, 0.6) is 0 Å². The van der Waals surface area contributed by atoms with E-state index in [1.54, 1.807) is 6.07 Å². The highest BCUT2D eigenvalue weighted by atomic mass is 35.5. The Bertz CT molecular complexity index is 744. The molecule has 0 saturated carbocycles. The first-order valence-electron chi connectivity index (χ1n) is 8.36. The number of halogens is 1. The van der Waals surface area contributed by atoms with Gasteiger partial charge in [0, 0.05) is 24.8 Å². The molecule has 27 heavy (non-hydrogen) atoms. The minimum Gasteiger partial charge on any atom is -0.458 e. The van der Waals surface area contributed by atoms with Gasteiger partial charge in [-0.25, -0.2) is 0 Å². The molecule has 0 aromatic heterocycles. The number of aryl methyl sites for hydroxylation is 1. The minimum atomic E-state index is -0.896. The summed E-state index contributed by atoms with van der Waals surface area (Å²) in [6.07, 6.45) is -2.15. The van der Waals surface area contributed by atoms with Gasteiger partial charge in [0.1, 0.15) is 6.10 Å². The van der Waals surface area contributed by atoms with E-state index in [9.17, 15) is 9.59 Å². The first-order valence-corrected chi connectivity index (χ1v) is 9.62. The van der Waals surface area contributed by atoms with E-state index in [2.05, 4.69) is 0 Å². The Kier molecular flexibility index (Phi) is 7.13. The molecule has 5 atom stereocenters. The largest absolute Gasteiger partial charge is 0.458 e. The van der Waals surface area contributed by atoms with Crippen molar-refractivity contribution in [3.63, 3.8) is 0 Å². The van der Waals surface area contributed by atoms with Gasteiger partial charge in [0.15, 0.2) is 16.7 Å². The Hall–Kier alpha value is -1.77. The first-order chi connectivity index (χ1) is 12.6. The summed E-state index contributed by atoms with van der Waals surface area (Å²) in [5.41, 5.74) is 6.44. The Morgan fingerprint density at radius 1 is 1.22 bits per heavy atom. The van der Waals surface area contributed by atoms with E-state index in [1.165, 1.54) is 13.8 Å². The Morgan fingerprint density at radius 2 is 1.81 bits per heavy atom. The van der Waals surface area contributed by atoms with Crippen molar-refractivity contribution in [2.24, 2.45) is 11.7 Å². The molecule has 148 valence electrons. The molecule has 1 fully saturated rings. The van der Waals surface area contributed by atoms with E-state index >= 15 is 0 Å². The molecule has 0 unspecified atom stereocenters. The summed E-state index contributed by atoms with van der Waals surface area (Å²) in [6.45, 7) is 6.29. The molecular formula is C18H23ClN2O5S. The van der Waals surface area contributed by atoms with Gasteiger partial charge in [-0.2, -0.15) is 0 Å². The third kappa shape index (κ3) is 5.37. The number of thioether (sulfide) groups is 1. The summed E-state index contributed by atoms with van der Waals surface area (Å²) in [5, 5.41) is 7.97. The van der Waals surface area contributed by atoms with E-state index in [0.717, 1.165) is 22.9 Å². The summed E-state index contributed by atoms with van der Waals surface area (Å²) >= 11 is 7.15. The van der Waals surface area contributed by atoms with Gasteiger partial charge < -0.3 is 19.9 Å². The van der Waals surface area contributed by atoms with E-state index in [4.69, 9.17) is 37.0 Å². The molecule has 7 nitrogen and oxygen atoms in total. The second-order valence-corrected chi connectivity index (χ2v) is 7.97. The SMILES string of the molecule is CC(=O)O[C@@H]1[C@@H](C)[C@H](c2ccc(C)c(Cl)c2)O[C@H](SC(=N)N)[C@H]1OC(C)=O. The van der Waals surface area contributed by atoms with Crippen LogP contribution in [0.25, 0.3) is 0 Å². The maximum atomic E-state index is 11.7. The smallest absolute Gasteiger partial charge is 0.303 e. The van der Waals surface area contributed by atoms with E-state index in [1.807, 2.05) is 26.0 Å². The molecule has 1 aliphatic heterocycles. The van der Waals surface area contributed by atoms with Crippen LogP contribution in [0.3, 0.4) is 0 Å². The van der Waals surface area contributed by atoms with Gasteiger partial charge in [-0.15, -0.1) is 0 Å². The lowest BCUT2D eigenvalue weighted by molar-refractivity contribution is -0.208. The monoisotopic (exact) mass is 414 g/mol. The van der Waals surface area contributed by atoms with Crippen LogP contribution < -0.4 is 5.73 Å². The van der Waals surface area contributed by atoms with Gasteiger partial charge >= 0.3 is 11.9 Å². The average molecular weight is 415 g/mol. The normalized spacial score (nSPS) is 27.7. The van der Waals surface area contributed by atoms with Crippen molar-refractivity contribution in [3.8, 4) is 0 Å². The molecule has 1 aromatic carbocycles. The second kappa shape index (κ2) is 8.95. The fourth-order valence-corrected chi connectivity index (χ4v) is 4.00. The molecule has 0 bridgehead atoms. The van der Waals surface area contributed by atoms with Crippen molar-refractivity contribution in [2.75, 3.05) is 0 Å². The number of carbonyl (C=O) groups is 2. The number of ether oxygens (including phenoxy) is 3. The van der Waals surface area contributed by atoms with Crippen molar-refractivity contribution in [3.05, 3.63) is 34.3 Å². The van der Waals surface area contributed by atoms with Crippen LogP contribution in [0, 0.1) is 18.3 Å². The molecule has 1 heterocycles. The van der Waals surface area contributed by atoms with Gasteiger partial charge in [-0.3, -0.25) is 15.0 Å². The quantitative estimate of drug-likeness (QED) is 0.442. The van der Waals surface area contributed by atoms with Crippen LogP contribution in [0.1, 0.15) is 38.0 Å². The van der Waals surface area contributed by atoms with Gasteiger partial charge in [0.25, 0.3) is 0 Å². The van der Waals surface area contributed by atoms with Crippen molar-refractivity contribution in [1.29, 1.82) is 5.41 Å². The molecule has 0 radical (unpaired) electrons. The van der Waals surface area contributed by atoms with Crippen molar-refractivity contribution in [2.45, 2.75) is 51.4 Å². The summed E-state index contributed by atoms with van der Waals surface area (Å²) < 4.78 is 17.0. The predicted octanol–water partition coefficient (Wildman–Crippen LogP) is 3.17. The highest BCUT2D eigenvalue weighted by Crippen LogP contribution is 2.43. The van der Waals surface area contributed by atoms with Crippen molar-refractivity contribution < 1.29 is 23.8 Å². The second-order valence-electron chi connectivity index (χ2n) is 6.42. The maximum Gasteiger partial charge on any atom is 0.303 e. The number of benzene rings is 1.